The Hall–Kier alpha value is -1.72. The first-order valence-electron chi connectivity index (χ1n) is 6.65. The summed E-state index contributed by atoms with van der Waals surface area (Å²) in [6.45, 7) is 0. The minimum absolute atomic E-state index is 0.00555. The van der Waals surface area contributed by atoms with Gasteiger partial charge in [0.05, 0.1) is 17.3 Å². The van der Waals surface area contributed by atoms with E-state index in [1.807, 2.05) is 0 Å². The highest BCUT2D eigenvalue weighted by Crippen LogP contribution is 2.50. The Labute approximate surface area is 113 Å². The number of carbonyl (C=O) groups is 1. The van der Waals surface area contributed by atoms with Gasteiger partial charge in [0, 0.05) is 6.42 Å². The van der Waals surface area contributed by atoms with Crippen molar-refractivity contribution in [3.63, 3.8) is 0 Å². The van der Waals surface area contributed by atoms with Crippen LogP contribution in [-0.2, 0) is 11.0 Å². The van der Waals surface area contributed by atoms with Gasteiger partial charge in [-0.15, -0.1) is 0 Å². The molecule has 2 heterocycles. The molecule has 1 saturated carbocycles. The zero-order chi connectivity index (χ0) is 14.1. The number of rotatable bonds is 0. The van der Waals surface area contributed by atoms with Gasteiger partial charge in [-0.3, -0.25) is 4.79 Å². The predicted octanol–water partition coefficient (Wildman–Crippen LogP) is 2.98. The van der Waals surface area contributed by atoms with Crippen LogP contribution >= 0.6 is 0 Å². The number of carbonyl (C=O) groups excluding carboxylic acids is 1. The molecule has 2 aliphatic heterocycles. The van der Waals surface area contributed by atoms with Crippen molar-refractivity contribution in [2.24, 2.45) is 5.92 Å². The van der Waals surface area contributed by atoms with Gasteiger partial charge < -0.3 is 9.64 Å². The predicted molar refractivity (Wildman–Crippen MR) is 64.5 cm³/mol. The van der Waals surface area contributed by atoms with Crippen LogP contribution < -0.4 is 9.64 Å². The molecule has 0 radical (unpaired) electrons. The molecule has 20 heavy (non-hydrogen) atoms. The van der Waals surface area contributed by atoms with Crippen LogP contribution in [0.4, 0.5) is 18.9 Å². The van der Waals surface area contributed by atoms with E-state index in [-0.39, 0.29) is 29.7 Å². The maximum atomic E-state index is 12.8. The van der Waals surface area contributed by atoms with Crippen LogP contribution in [0.1, 0.15) is 24.8 Å². The molecular weight excluding hydrogens is 271 g/mol. The molecule has 1 amide bonds. The van der Waals surface area contributed by atoms with Crippen molar-refractivity contribution < 1.29 is 22.7 Å². The Morgan fingerprint density at radius 1 is 1.25 bits per heavy atom. The number of ether oxygens (including phenoxy) is 1. The standard InChI is InChI=1S/C14H12F3NO2/c15-14(16,17)8-2-3-9-11(6-8)20-10-4-1-7-5-12(19)18(9)13(7)10/h2-3,6-7,10,13H,1,4-5H2/t7-,10-,13+/m1/s1. The van der Waals surface area contributed by atoms with E-state index in [0.717, 1.165) is 25.0 Å². The smallest absolute Gasteiger partial charge is 0.416 e. The quantitative estimate of drug-likeness (QED) is 0.732. The van der Waals surface area contributed by atoms with Crippen LogP contribution in [-0.4, -0.2) is 18.1 Å². The highest BCUT2D eigenvalue weighted by atomic mass is 19.4. The molecule has 0 unspecified atom stereocenters. The minimum atomic E-state index is -4.40. The second-order valence-electron chi connectivity index (χ2n) is 5.63. The molecule has 3 aliphatic rings. The summed E-state index contributed by atoms with van der Waals surface area (Å²) >= 11 is 0. The number of benzene rings is 1. The van der Waals surface area contributed by atoms with Gasteiger partial charge in [0.2, 0.25) is 5.91 Å². The maximum Gasteiger partial charge on any atom is 0.416 e. The van der Waals surface area contributed by atoms with Gasteiger partial charge in [0.25, 0.3) is 0 Å². The monoisotopic (exact) mass is 283 g/mol. The number of fused-ring (bicyclic) bond motifs is 2. The molecule has 1 aromatic rings. The molecule has 106 valence electrons. The summed E-state index contributed by atoms with van der Waals surface area (Å²) in [6, 6.07) is 3.38. The lowest BCUT2D eigenvalue weighted by atomic mass is 10.0. The zero-order valence-corrected chi connectivity index (χ0v) is 10.5. The van der Waals surface area contributed by atoms with Crippen molar-refractivity contribution >= 4 is 11.6 Å². The van der Waals surface area contributed by atoms with E-state index in [0.29, 0.717) is 12.1 Å². The van der Waals surface area contributed by atoms with Gasteiger partial charge in [0.15, 0.2) is 0 Å². The van der Waals surface area contributed by atoms with Gasteiger partial charge in [-0.25, -0.2) is 0 Å². The van der Waals surface area contributed by atoms with Crippen molar-refractivity contribution in [3.8, 4) is 5.75 Å². The van der Waals surface area contributed by atoms with E-state index in [2.05, 4.69) is 0 Å². The molecule has 0 spiro atoms. The number of hydrogen-bond donors (Lipinski definition) is 0. The molecular formula is C14H12F3NO2. The van der Waals surface area contributed by atoms with Gasteiger partial charge >= 0.3 is 6.18 Å². The number of amides is 1. The highest BCUT2D eigenvalue weighted by molar-refractivity contribution is 5.99. The van der Waals surface area contributed by atoms with Crippen LogP contribution in [0.25, 0.3) is 0 Å². The van der Waals surface area contributed by atoms with E-state index < -0.39 is 11.7 Å². The summed E-state index contributed by atoms with van der Waals surface area (Å²) < 4.78 is 44.0. The highest BCUT2D eigenvalue weighted by Gasteiger charge is 2.53. The summed E-state index contributed by atoms with van der Waals surface area (Å²) in [6.07, 6.45) is -2.39. The number of nitrogens with zero attached hydrogens (tertiary/aromatic N) is 1. The van der Waals surface area contributed by atoms with E-state index in [1.165, 1.54) is 6.07 Å². The summed E-state index contributed by atoms with van der Waals surface area (Å²) in [4.78, 5) is 13.7. The van der Waals surface area contributed by atoms with E-state index in [4.69, 9.17) is 4.74 Å². The van der Waals surface area contributed by atoms with Crippen molar-refractivity contribution in [2.45, 2.75) is 37.6 Å². The largest absolute Gasteiger partial charge is 0.486 e. The molecule has 6 heteroatoms. The summed E-state index contributed by atoms with van der Waals surface area (Å²) in [5.41, 5.74) is -0.260. The average molecular weight is 283 g/mol. The molecule has 1 aliphatic carbocycles. The minimum Gasteiger partial charge on any atom is -0.486 e. The Balaban J connectivity index is 1.82. The Morgan fingerprint density at radius 3 is 2.80 bits per heavy atom. The van der Waals surface area contributed by atoms with Crippen LogP contribution in [0.2, 0.25) is 0 Å². The van der Waals surface area contributed by atoms with E-state index >= 15 is 0 Å². The van der Waals surface area contributed by atoms with Crippen LogP contribution in [0.3, 0.4) is 0 Å². The van der Waals surface area contributed by atoms with Crippen molar-refractivity contribution in [1.82, 2.24) is 0 Å². The fourth-order valence-corrected chi connectivity index (χ4v) is 3.68. The Morgan fingerprint density at radius 2 is 2.05 bits per heavy atom. The molecule has 3 atom stereocenters. The molecule has 0 aromatic heterocycles. The lowest BCUT2D eigenvalue weighted by molar-refractivity contribution is -0.137. The molecule has 2 fully saturated rings. The zero-order valence-electron chi connectivity index (χ0n) is 10.5. The van der Waals surface area contributed by atoms with Crippen LogP contribution in [0.5, 0.6) is 5.75 Å². The third-order valence-corrected chi connectivity index (χ3v) is 4.51. The summed E-state index contributed by atoms with van der Waals surface area (Å²) in [7, 11) is 0. The first-order valence-corrected chi connectivity index (χ1v) is 6.65. The molecule has 3 nitrogen and oxygen atoms in total. The van der Waals surface area contributed by atoms with Gasteiger partial charge in [-0.1, -0.05) is 0 Å². The molecule has 1 saturated heterocycles. The SMILES string of the molecule is O=C1C[C@H]2CC[C@H]3Oc4cc(C(F)(F)F)ccc4N1[C@@H]23. The first-order chi connectivity index (χ1) is 9.45. The fourth-order valence-electron chi connectivity index (χ4n) is 3.68. The van der Waals surface area contributed by atoms with Crippen molar-refractivity contribution in [1.29, 1.82) is 0 Å². The molecule has 4 rings (SSSR count). The number of anilines is 1. The Kier molecular flexibility index (Phi) is 2.22. The van der Waals surface area contributed by atoms with Crippen LogP contribution in [0.15, 0.2) is 18.2 Å². The third kappa shape index (κ3) is 1.50. The summed E-state index contributed by atoms with van der Waals surface area (Å²) in [5, 5.41) is 0. The van der Waals surface area contributed by atoms with Crippen LogP contribution in [0, 0.1) is 5.92 Å². The molecule has 1 aromatic carbocycles. The van der Waals surface area contributed by atoms with Crippen molar-refractivity contribution in [2.75, 3.05) is 4.90 Å². The first kappa shape index (κ1) is 12.1. The lowest BCUT2D eigenvalue weighted by Gasteiger charge is -2.36. The fraction of sp³-hybridized carbons (Fsp3) is 0.500. The number of halogens is 3. The topological polar surface area (TPSA) is 29.5 Å². The molecule has 0 bridgehead atoms. The van der Waals surface area contributed by atoms with Gasteiger partial charge in [-0.2, -0.15) is 13.2 Å². The maximum absolute atomic E-state index is 12.8. The summed E-state index contributed by atoms with van der Waals surface area (Å²) in [5.74, 6) is 0.453. The van der Waals surface area contributed by atoms with Gasteiger partial charge in [0.1, 0.15) is 11.9 Å². The van der Waals surface area contributed by atoms with E-state index in [1.54, 1.807) is 4.90 Å². The lowest BCUT2D eigenvalue weighted by Crippen LogP contribution is -2.46. The number of hydrogen-bond acceptors (Lipinski definition) is 2. The normalized spacial score (nSPS) is 31.1. The molecule has 0 N–H and O–H groups in total. The number of alkyl halides is 3. The van der Waals surface area contributed by atoms with E-state index in [9.17, 15) is 18.0 Å². The van der Waals surface area contributed by atoms with Crippen molar-refractivity contribution in [3.05, 3.63) is 23.8 Å². The van der Waals surface area contributed by atoms with Gasteiger partial charge in [-0.05, 0) is 37.0 Å². The second-order valence-corrected chi connectivity index (χ2v) is 5.63. The second kappa shape index (κ2) is 3.68. The third-order valence-electron chi connectivity index (χ3n) is 4.51. The average Bonchev–Trinajstić information content (AvgIpc) is 2.91. The Bertz CT molecular complexity index is 599.